The number of rotatable bonds is 6. The number of hydrogen-bond donors (Lipinski definition) is 1. The fourth-order valence-corrected chi connectivity index (χ4v) is 5.21. The van der Waals surface area contributed by atoms with Crippen molar-refractivity contribution in [3.63, 3.8) is 0 Å². The van der Waals surface area contributed by atoms with Crippen molar-refractivity contribution in [2.75, 3.05) is 7.05 Å². The maximum atomic E-state index is 12.8. The molecule has 1 aliphatic rings. The van der Waals surface area contributed by atoms with Gasteiger partial charge in [-0.2, -0.15) is 0 Å². The Kier molecular flexibility index (Phi) is 6.24. The Morgan fingerprint density at radius 3 is 2.65 bits per heavy atom. The molecular weight excluding hydrogens is 266 g/mol. The largest absolute Gasteiger partial charge is 0.316 e. The van der Waals surface area contributed by atoms with Crippen molar-refractivity contribution >= 4 is 10.8 Å². The zero-order chi connectivity index (χ0) is 14.4. The number of hydrogen-bond acceptors (Lipinski definition) is 2. The highest BCUT2D eigenvalue weighted by atomic mass is 32.2. The lowest BCUT2D eigenvalue weighted by Gasteiger charge is -2.35. The lowest BCUT2D eigenvalue weighted by molar-refractivity contribution is 0.292. The fourth-order valence-electron chi connectivity index (χ4n) is 3.35. The average molecular weight is 293 g/mol. The first-order valence-corrected chi connectivity index (χ1v) is 9.21. The summed E-state index contributed by atoms with van der Waals surface area (Å²) in [5, 5.41) is 3.70. The Labute approximate surface area is 125 Å². The van der Waals surface area contributed by atoms with Gasteiger partial charge in [0.2, 0.25) is 0 Å². The van der Waals surface area contributed by atoms with Crippen molar-refractivity contribution < 1.29 is 4.21 Å². The summed E-state index contributed by atoms with van der Waals surface area (Å²) in [5.41, 5.74) is 1.19. The van der Waals surface area contributed by atoms with Crippen molar-refractivity contribution in [2.24, 2.45) is 5.92 Å². The van der Waals surface area contributed by atoms with Crippen LogP contribution < -0.4 is 5.32 Å². The third-order valence-electron chi connectivity index (χ3n) is 4.46. The molecule has 1 saturated carbocycles. The molecule has 112 valence electrons. The smallest absolute Gasteiger partial charge is 0.0507 e. The minimum atomic E-state index is -0.774. The molecular formula is C17H27NOS. The lowest BCUT2D eigenvalue weighted by atomic mass is 9.83. The van der Waals surface area contributed by atoms with E-state index in [1.54, 1.807) is 0 Å². The maximum Gasteiger partial charge on any atom is 0.0507 e. The molecule has 1 aromatic carbocycles. The summed E-state index contributed by atoms with van der Waals surface area (Å²) >= 11 is 0. The van der Waals surface area contributed by atoms with Crippen LogP contribution in [0.2, 0.25) is 0 Å². The Hall–Kier alpha value is -0.670. The van der Waals surface area contributed by atoms with Crippen LogP contribution >= 0.6 is 0 Å². The molecule has 4 unspecified atom stereocenters. The average Bonchev–Trinajstić information content (AvgIpc) is 2.48. The van der Waals surface area contributed by atoms with Gasteiger partial charge in [-0.15, -0.1) is 0 Å². The second-order valence-electron chi connectivity index (χ2n) is 5.91. The van der Waals surface area contributed by atoms with E-state index in [2.05, 4.69) is 24.4 Å². The van der Waals surface area contributed by atoms with Crippen molar-refractivity contribution in [2.45, 2.75) is 56.1 Å². The monoisotopic (exact) mass is 293 g/mol. The highest BCUT2D eigenvalue weighted by Crippen LogP contribution is 2.31. The van der Waals surface area contributed by atoms with E-state index in [9.17, 15) is 4.21 Å². The normalized spacial score (nSPS) is 28.2. The van der Waals surface area contributed by atoms with Gasteiger partial charge < -0.3 is 5.32 Å². The van der Waals surface area contributed by atoms with E-state index in [1.807, 2.05) is 25.2 Å². The summed E-state index contributed by atoms with van der Waals surface area (Å²) in [5.74, 6) is 1.47. The Morgan fingerprint density at radius 1 is 1.25 bits per heavy atom. The maximum absolute atomic E-state index is 12.8. The quantitative estimate of drug-likeness (QED) is 0.870. The fraction of sp³-hybridized carbons (Fsp3) is 0.647. The zero-order valence-corrected chi connectivity index (χ0v) is 13.5. The molecule has 0 aromatic heterocycles. The summed E-state index contributed by atoms with van der Waals surface area (Å²) in [6, 6.07) is 10.7. The Bertz CT molecular complexity index is 420. The van der Waals surface area contributed by atoms with Crippen molar-refractivity contribution in [3.8, 4) is 0 Å². The van der Waals surface area contributed by atoms with Gasteiger partial charge in [0.25, 0.3) is 0 Å². The summed E-state index contributed by atoms with van der Waals surface area (Å²) in [6.07, 6.45) is 6.12. The predicted octanol–water partition coefficient (Wildman–Crippen LogP) is 3.49. The SMILES string of the molecule is CCCC1CCC(NC)C(S(=O)Cc2ccccc2)C1. The van der Waals surface area contributed by atoms with Crippen molar-refractivity contribution in [1.29, 1.82) is 0 Å². The molecule has 0 bridgehead atoms. The summed E-state index contributed by atoms with van der Waals surface area (Å²) in [4.78, 5) is 0. The molecule has 4 atom stereocenters. The first kappa shape index (κ1) is 15.7. The second kappa shape index (κ2) is 7.94. The van der Waals surface area contributed by atoms with Gasteiger partial charge in [0.05, 0.1) is 5.25 Å². The summed E-state index contributed by atoms with van der Waals surface area (Å²) in [7, 11) is 1.24. The molecule has 3 heteroatoms. The van der Waals surface area contributed by atoms with Crippen LogP contribution in [0.25, 0.3) is 0 Å². The van der Waals surface area contributed by atoms with Gasteiger partial charge in [-0.25, -0.2) is 0 Å². The van der Waals surface area contributed by atoms with Crippen molar-refractivity contribution in [3.05, 3.63) is 35.9 Å². The molecule has 0 amide bonds. The molecule has 0 heterocycles. The summed E-state index contributed by atoms with van der Waals surface area (Å²) in [6.45, 7) is 2.25. The first-order chi connectivity index (χ1) is 9.74. The van der Waals surface area contributed by atoms with Crippen LogP contribution in [0.15, 0.2) is 30.3 Å². The molecule has 1 fully saturated rings. The van der Waals surface area contributed by atoms with Gasteiger partial charge in [0, 0.05) is 22.6 Å². The van der Waals surface area contributed by atoms with Gasteiger partial charge in [-0.05, 0) is 37.8 Å². The Morgan fingerprint density at radius 2 is 2.00 bits per heavy atom. The Balaban J connectivity index is 2.00. The number of nitrogens with one attached hydrogen (secondary N) is 1. The van der Waals surface area contributed by atoms with E-state index in [1.165, 1.54) is 31.2 Å². The highest BCUT2D eigenvalue weighted by Gasteiger charge is 2.33. The predicted molar refractivity (Wildman–Crippen MR) is 87.2 cm³/mol. The van der Waals surface area contributed by atoms with Crippen LogP contribution in [-0.2, 0) is 16.6 Å². The van der Waals surface area contributed by atoms with Crippen molar-refractivity contribution in [1.82, 2.24) is 5.32 Å². The second-order valence-corrected chi connectivity index (χ2v) is 7.57. The van der Waals surface area contributed by atoms with E-state index in [0.717, 1.165) is 12.3 Å². The third kappa shape index (κ3) is 4.16. The number of benzene rings is 1. The van der Waals surface area contributed by atoms with Gasteiger partial charge in [0.15, 0.2) is 0 Å². The molecule has 0 spiro atoms. The standard InChI is InChI=1S/C17H27NOS/c1-3-7-14-10-11-16(18-2)17(12-14)20(19)13-15-8-5-4-6-9-15/h4-6,8-9,14,16-18H,3,7,10-13H2,1-2H3. The van der Waals surface area contributed by atoms with E-state index in [-0.39, 0.29) is 0 Å². The van der Waals surface area contributed by atoms with E-state index < -0.39 is 10.8 Å². The minimum Gasteiger partial charge on any atom is -0.316 e. The van der Waals surface area contributed by atoms with Crippen LogP contribution in [-0.4, -0.2) is 22.5 Å². The van der Waals surface area contributed by atoms with Crippen LogP contribution in [0.5, 0.6) is 0 Å². The summed E-state index contributed by atoms with van der Waals surface area (Å²) < 4.78 is 12.8. The van der Waals surface area contributed by atoms with E-state index in [4.69, 9.17) is 0 Å². The molecule has 1 N–H and O–H groups in total. The molecule has 0 radical (unpaired) electrons. The minimum absolute atomic E-state index is 0.311. The first-order valence-electron chi connectivity index (χ1n) is 7.83. The third-order valence-corrected chi connectivity index (χ3v) is 6.27. The van der Waals surface area contributed by atoms with Crippen LogP contribution in [0.1, 0.15) is 44.6 Å². The van der Waals surface area contributed by atoms with Gasteiger partial charge in [0.1, 0.15) is 0 Å². The molecule has 1 aromatic rings. The lowest BCUT2D eigenvalue weighted by Crippen LogP contribution is -2.45. The molecule has 0 aliphatic heterocycles. The van der Waals surface area contributed by atoms with Gasteiger partial charge in [-0.3, -0.25) is 4.21 Å². The van der Waals surface area contributed by atoms with Gasteiger partial charge >= 0.3 is 0 Å². The zero-order valence-electron chi connectivity index (χ0n) is 12.7. The van der Waals surface area contributed by atoms with E-state index in [0.29, 0.717) is 17.0 Å². The van der Waals surface area contributed by atoms with Crippen LogP contribution in [0, 0.1) is 5.92 Å². The van der Waals surface area contributed by atoms with Crippen LogP contribution in [0.3, 0.4) is 0 Å². The van der Waals surface area contributed by atoms with Gasteiger partial charge in [-0.1, -0.05) is 50.1 Å². The van der Waals surface area contributed by atoms with E-state index >= 15 is 0 Å². The molecule has 1 aliphatic carbocycles. The topological polar surface area (TPSA) is 29.1 Å². The van der Waals surface area contributed by atoms with Crippen LogP contribution in [0.4, 0.5) is 0 Å². The molecule has 20 heavy (non-hydrogen) atoms. The molecule has 2 rings (SSSR count). The highest BCUT2D eigenvalue weighted by molar-refractivity contribution is 7.84. The molecule has 2 nitrogen and oxygen atoms in total. The molecule has 0 saturated heterocycles.